The van der Waals surface area contributed by atoms with Crippen LogP contribution in [0.1, 0.15) is 11.7 Å². The van der Waals surface area contributed by atoms with Crippen LogP contribution in [0.3, 0.4) is 0 Å². The Morgan fingerprint density at radius 1 is 0.926 bits per heavy atom. The van der Waals surface area contributed by atoms with E-state index in [-0.39, 0.29) is 6.10 Å². The molecule has 0 N–H and O–H groups in total. The fraction of sp³-hybridized carbons (Fsp3) is 0.0952. The molecule has 0 bridgehead atoms. The third kappa shape index (κ3) is 3.91. The number of fused-ring (bicyclic) bond motifs is 1. The molecule has 0 saturated heterocycles. The molecule has 0 radical (unpaired) electrons. The van der Waals surface area contributed by atoms with Gasteiger partial charge in [0, 0.05) is 24.0 Å². The van der Waals surface area contributed by atoms with Crippen LogP contribution < -0.4 is 4.74 Å². The molecule has 3 aromatic carbocycles. The number of ether oxygens (including phenoxy) is 1. The van der Waals surface area contributed by atoms with Crippen molar-refractivity contribution in [3.8, 4) is 5.75 Å². The fourth-order valence-corrected chi connectivity index (χ4v) is 3.65. The van der Waals surface area contributed by atoms with E-state index in [0.29, 0.717) is 27.4 Å². The Bertz CT molecular complexity index is 1070. The van der Waals surface area contributed by atoms with Gasteiger partial charge in [-0.3, -0.25) is 0 Å². The molecule has 1 aromatic heterocycles. The number of nitrogens with zero attached hydrogens (tertiary/aromatic N) is 2. The minimum Gasteiger partial charge on any atom is -0.482 e. The Kier molecular flexibility index (Phi) is 5.26. The highest BCUT2D eigenvalue weighted by Gasteiger charge is 2.19. The number of aromatic nitrogens is 2. The molecule has 0 aliphatic carbocycles. The Labute approximate surface area is 172 Å². The van der Waals surface area contributed by atoms with Gasteiger partial charge in [-0.1, -0.05) is 77.3 Å². The average molecular weight is 418 g/mol. The Morgan fingerprint density at radius 2 is 1.70 bits per heavy atom. The molecule has 0 amide bonds. The molecular formula is C21H15Cl3N2O. The van der Waals surface area contributed by atoms with Crippen molar-refractivity contribution in [3.05, 3.63) is 93.9 Å². The third-order valence-corrected chi connectivity index (χ3v) is 5.37. The summed E-state index contributed by atoms with van der Waals surface area (Å²) in [5.74, 6) is 0.490. The summed E-state index contributed by atoms with van der Waals surface area (Å²) >= 11 is 18.6. The quantitative estimate of drug-likeness (QED) is 0.333. The van der Waals surface area contributed by atoms with Crippen molar-refractivity contribution in [1.29, 1.82) is 0 Å². The predicted octanol–water partition coefficient (Wildman–Crippen LogP) is 6.82. The van der Waals surface area contributed by atoms with Crippen LogP contribution in [0.5, 0.6) is 5.75 Å². The van der Waals surface area contributed by atoms with Crippen LogP contribution in [0.4, 0.5) is 0 Å². The molecule has 4 aromatic rings. The van der Waals surface area contributed by atoms with Gasteiger partial charge in [-0.15, -0.1) is 0 Å². The number of hydrogen-bond acceptors (Lipinski definition) is 2. The maximum Gasteiger partial charge on any atom is 0.142 e. The normalized spacial score (nSPS) is 12.3. The molecule has 1 atom stereocenters. The van der Waals surface area contributed by atoms with Crippen molar-refractivity contribution >= 4 is 45.6 Å². The molecule has 3 nitrogen and oxygen atoms in total. The van der Waals surface area contributed by atoms with Gasteiger partial charge < -0.3 is 9.30 Å². The number of rotatable bonds is 5. The van der Waals surface area contributed by atoms with Gasteiger partial charge in [0.05, 0.1) is 27.9 Å². The summed E-state index contributed by atoms with van der Waals surface area (Å²) in [6.45, 7) is 0.574. The van der Waals surface area contributed by atoms with Crippen LogP contribution in [-0.4, -0.2) is 9.55 Å². The van der Waals surface area contributed by atoms with Crippen molar-refractivity contribution < 1.29 is 4.74 Å². The summed E-state index contributed by atoms with van der Waals surface area (Å²) in [6, 6.07) is 17.6. The third-order valence-electron chi connectivity index (χ3n) is 4.35. The zero-order chi connectivity index (χ0) is 18.8. The molecule has 1 heterocycles. The average Bonchev–Trinajstić information content (AvgIpc) is 3.18. The van der Waals surface area contributed by atoms with Gasteiger partial charge in [0.15, 0.2) is 0 Å². The Morgan fingerprint density at radius 3 is 2.52 bits per heavy atom. The van der Waals surface area contributed by atoms with E-state index in [9.17, 15) is 0 Å². The lowest BCUT2D eigenvalue weighted by molar-refractivity contribution is 0.185. The zero-order valence-electron chi connectivity index (χ0n) is 14.1. The monoisotopic (exact) mass is 416 g/mol. The second-order valence-corrected chi connectivity index (χ2v) is 7.35. The summed E-state index contributed by atoms with van der Waals surface area (Å²) < 4.78 is 8.30. The lowest BCUT2D eigenvalue weighted by atomic mass is 10.00. The van der Waals surface area contributed by atoms with E-state index >= 15 is 0 Å². The van der Waals surface area contributed by atoms with E-state index in [2.05, 4.69) is 29.2 Å². The zero-order valence-corrected chi connectivity index (χ0v) is 16.4. The van der Waals surface area contributed by atoms with Crippen LogP contribution in [0, 0.1) is 0 Å². The number of imidazole rings is 1. The lowest BCUT2D eigenvalue weighted by Crippen LogP contribution is -2.15. The first-order valence-corrected chi connectivity index (χ1v) is 9.50. The minimum absolute atomic E-state index is 0.292. The van der Waals surface area contributed by atoms with E-state index in [0.717, 1.165) is 16.3 Å². The molecule has 6 heteroatoms. The van der Waals surface area contributed by atoms with Gasteiger partial charge in [-0.05, 0) is 16.8 Å². The molecular weight excluding hydrogens is 403 g/mol. The van der Waals surface area contributed by atoms with Gasteiger partial charge in [-0.2, -0.15) is 0 Å². The van der Waals surface area contributed by atoms with E-state index in [1.165, 1.54) is 0 Å². The second-order valence-electron chi connectivity index (χ2n) is 6.13. The number of benzene rings is 3. The molecule has 1 unspecified atom stereocenters. The van der Waals surface area contributed by atoms with Gasteiger partial charge in [0.2, 0.25) is 0 Å². The summed E-state index contributed by atoms with van der Waals surface area (Å²) in [7, 11) is 0. The van der Waals surface area contributed by atoms with Crippen LogP contribution >= 0.6 is 34.8 Å². The van der Waals surface area contributed by atoms with Crippen molar-refractivity contribution in [2.24, 2.45) is 0 Å². The molecule has 136 valence electrons. The highest BCUT2D eigenvalue weighted by molar-refractivity contribution is 6.43. The van der Waals surface area contributed by atoms with Crippen LogP contribution in [0.25, 0.3) is 10.8 Å². The van der Waals surface area contributed by atoms with E-state index < -0.39 is 0 Å². The van der Waals surface area contributed by atoms with Gasteiger partial charge in [-0.25, -0.2) is 4.98 Å². The van der Waals surface area contributed by atoms with E-state index in [1.54, 1.807) is 24.7 Å². The maximum atomic E-state index is 6.35. The highest BCUT2D eigenvalue weighted by atomic mass is 35.5. The van der Waals surface area contributed by atoms with E-state index in [4.69, 9.17) is 39.5 Å². The largest absolute Gasteiger partial charge is 0.482 e. The standard InChI is InChI=1S/C21H15Cl3N2O/c22-17-10-19(24)20(11-18(17)23)27-21(12-26-9-8-25-13-26)16-7-3-5-14-4-1-2-6-15(14)16/h1-11,13,21H,12H2. The van der Waals surface area contributed by atoms with Crippen molar-refractivity contribution in [2.45, 2.75) is 12.6 Å². The summed E-state index contributed by atoms with van der Waals surface area (Å²) in [5.41, 5.74) is 1.06. The van der Waals surface area contributed by atoms with Crippen LogP contribution in [0.2, 0.25) is 15.1 Å². The maximum absolute atomic E-state index is 6.35. The van der Waals surface area contributed by atoms with E-state index in [1.807, 2.05) is 29.0 Å². The SMILES string of the molecule is Clc1cc(Cl)c(OC(Cn2ccnc2)c2cccc3ccccc23)cc1Cl. The smallest absolute Gasteiger partial charge is 0.142 e. The van der Waals surface area contributed by atoms with Crippen LogP contribution in [-0.2, 0) is 6.54 Å². The van der Waals surface area contributed by atoms with Gasteiger partial charge >= 0.3 is 0 Å². The van der Waals surface area contributed by atoms with Crippen molar-refractivity contribution in [2.75, 3.05) is 0 Å². The molecule has 0 saturated carbocycles. The number of hydrogen-bond donors (Lipinski definition) is 0. The van der Waals surface area contributed by atoms with Crippen LogP contribution in [0.15, 0.2) is 73.3 Å². The summed E-state index contributed by atoms with van der Waals surface area (Å²) in [6.07, 6.45) is 5.11. The molecule has 0 aliphatic rings. The Hall–Kier alpha value is -2.20. The first-order valence-electron chi connectivity index (χ1n) is 8.36. The minimum atomic E-state index is -0.292. The predicted molar refractivity (Wildman–Crippen MR) is 111 cm³/mol. The molecule has 0 aliphatic heterocycles. The second kappa shape index (κ2) is 7.81. The van der Waals surface area contributed by atoms with Gasteiger partial charge in [0.25, 0.3) is 0 Å². The van der Waals surface area contributed by atoms with Crippen molar-refractivity contribution in [3.63, 3.8) is 0 Å². The first kappa shape index (κ1) is 18.2. The highest BCUT2D eigenvalue weighted by Crippen LogP contribution is 2.37. The number of halogens is 3. The molecule has 0 fully saturated rings. The Balaban J connectivity index is 1.78. The topological polar surface area (TPSA) is 27.1 Å². The van der Waals surface area contributed by atoms with Crippen molar-refractivity contribution in [1.82, 2.24) is 9.55 Å². The molecule has 0 spiro atoms. The van der Waals surface area contributed by atoms with Gasteiger partial charge in [0.1, 0.15) is 11.9 Å². The first-order chi connectivity index (χ1) is 13.1. The molecule has 4 rings (SSSR count). The summed E-state index contributed by atoms with van der Waals surface area (Å²) in [4.78, 5) is 4.12. The summed E-state index contributed by atoms with van der Waals surface area (Å²) in [5, 5.41) is 3.48. The fourth-order valence-electron chi connectivity index (χ4n) is 3.06. The molecule has 27 heavy (non-hydrogen) atoms. The lowest BCUT2D eigenvalue weighted by Gasteiger charge is -2.22.